The highest BCUT2D eigenvalue weighted by atomic mass is 16.4. The van der Waals surface area contributed by atoms with E-state index in [4.69, 9.17) is 5.11 Å². The zero-order valence-electron chi connectivity index (χ0n) is 13.9. The van der Waals surface area contributed by atoms with Crippen LogP contribution < -0.4 is 5.56 Å². The van der Waals surface area contributed by atoms with E-state index >= 15 is 0 Å². The van der Waals surface area contributed by atoms with Gasteiger partial charge < -0.3 is 5.11 Å². The van der Waals surface area contributed by atoms with E-state index in [1.807, 2.05) is 6.92 Å². The van der Waals surface area contributed by atoms with Crippen LogP contribution in [0.1, 0.15) is 67.6 Å². The summed E-state index contributed by atoms with van der Waals surface area (Å²) < 4.78 is 0.738. The molecule has 2 aromatic rings. The quantitative estimate of drug-likeness (QED) is 0.899. The summed E-state index contributed by atoms with van der Waals surface area (Å²) in [6.07, 6.45) is 6.51. The van der Waals surface area contributed by atoms with Gasteiger partial charge >= 0.3 is 6.09 Å². The Kier molecular flexibility index (Phi) is 4.84. The largest absolute Gasteiger partial charge is 0.464 e. The molecule has 1 saturated carbocycles. The third-order valence-corrected chi connectivity index (χ3v) is 5.16. The SMILES string of the molecule is CC(c1ccc(C2CCCCC2)cc1)c1cccn(C(=O)O)c1=O. The fourth-order valence-corrected chi connectivity index (χ4v) is 3.66. The molecule has 0 radical (unpaired) electrons. The summed E-state index contributed by atoms with van der Waals surface area (Å²) in [4.78, 5) is 23.4. The first-order valence-corrected chi connectivity index (χ1v) is 8.62. The number of pyridine rings is 1. The molecule has 1 heterocycles. The Morgan fingerprint density at radius 1 is 1.12 bits per heavy atom. The van der Waals surface area contributed by atoms with Crippen molar-refractivity contribution in [3.63, 3.8) is 0 Å². The monoisotopic (exact) mass is 325 g/mol. The van der Waals surface area contributed by atoms with Crippen LogP contribution in [-0.2, 0) is 0 Å². The summed E-state index contributed by atoms with van der Waals surface area (Å²) in [5.74, 6) is 0.522. The summed E-state index contributed by atoms with van der Waals surface area (Å²) in [6.45, 7) is 1.94. The van der Waals surface area contributed by atoms with Crippen molar-refractivity contribution in [1.29, 1.82) is 0 Å². The fraction of sp³-hybridized carbons (Fsp3) is 0.400. The van der Waals surface area contributed by atoms with Crippen LogP contribution in [0.5, 0.6) is 0 Å². The number of rotatable bonds is 3. The van der Waals surface area contributed by atoms with Gasteiger partial charge in [-0.2, -0.15) is 0 Å². The average molecular weight is 325 g/mol. The maximum Gasteiger partial charge on any atom is 0.418 e. The smallest absolute Gasteiger partial charge is 0.418 e. The summed E-state index contributed by atoms with van der Waals surface area (Å²) in [5, 5.41) is 9.09. The van der Waals surface area contributed by atoms with Gasteiger partial charge in [-0.25, -0.2) is 9.36 Å². The zero-order valence-corrected chi connectivity index (χ0v) is 13.9. The van der Waals surface area contributed by atoms with Gasteiger partial charge in [-0.1, -0.05) is 56.5 Å². The van der Waals surface area contributed by atoms with Crippen molar-refractivity contribution in [3.05, 3.63) is 69.6 Å². The van der Waals surface area contributed by atoms with E-state index < -0.39 is 11.7 Å². The number of carbonyl (C=O) groups is 1. The first-order valence-electron chi connectivity index (χ1n) is 8.62. The van der Waals surface area contributed by atoms with Gasteiger partial charge in [0.15, 0.2) is 0 Å². The second-order valence-corrected chi connectivity index (χ2v) is 6.64. The lowest BCUT2D eigenvalue weighted by Gasteiger charge is -2.22. The standard InChI is InChI=1S/C20H23NO3/c1-14(18-8-5-13-21(19(18)22)20(23)24)15-9-11-17(12-10-15)16-6-3-2-4-7-16/h5,8-14,16H,2-4,6-7H2,1H3,(H,23,24). The number of benzene rings is 1. The first kappa shape index (κ1) is 16.5. The molecule has 0 amide bonds. The summed E-state index contributed by atoms with van der Waals surface area (Å²) in [6, 6.07) is 11.8. The van der Waals surface area contributed by atoms with Gasteiger partial charge in [-0.15, -0.1) is 0 Å². The Labute approximate surface area is 141 Å². The lowest BCUT2D eigenvalue weighted by Crippen LogP contribution is -2.28. The minimum Gasteiger partial charge on any atom is -0.464 e. The Hall–Kier alpha value is -2.36. The van der Waals surface area contributed by atoms with E-state index in [0.717, 1.165) is 10.1 Å². The van der Waals surface area contributed by atoms with Crippen LogP contribution >= 0.6 is 0 Å². The van der Waals surface area contributed by atoms with Crippen LogP contribution in [0.2, 0.25) is 0 Å². The minimum atomic E-state index is -1.25. The lowest BCUT2D eigenvalue weighted by atomic mass is 9.83. The Morgan fingerprint density at radius 3 is 2.42 bits per heavy atom. The molecule has 1 N–H and O–H groups in total. The molecule has 1 atom stereocenters. The molecule has 1 aliphatic rings. The van der Waals surface area contributed by atoms with Gasteiger partial charge in [0, 0.05) is 17.7 Å². The molecule has 24 heavy (non-hydrogen) atoms. The second kappa shape index (κ2) is 7.04. The Balaban J connectivity index is 1.85. The third kappa shape index (κ3) is 3.28. The van der Waals surface area contributed by atoms with Crippen LogP contribution in [0.15, 0.2) is 47.4 Å². The lowest BCUT2D eigenvalue weighted by molar-refractivity contribution is 0.195. The van der Waals surface area contributed by atoms with Crippen molar-refractivity contribution in [2.75, 3.05) is 0 Å². The molecular formula is C20H23NO3. The van der Waals surface area contributed by atoms with Gasteiger partial charge in [0.25, 0.3) is 5.56 Å². The molecule has 126 valence electrons. The summed E-state index contributed by atoms with van der Waals surface area (Å²) in [5.41, 5.74) is 2.45. The van der Waals surface area contributed by atoms with Crippen LogP contribution in [0.25, 0.3) is 0 Å². The topological polar surface area (TPSA) is 59.3 Å². The van der Waals surface area contributed by atoms with E-state index in [2.05, 4.69) is 24.3 Å². The molecule has 4 nitrogen and oxygen atoms in total. The maximum atomic E-state index is 12.3. The highest BCUT2D eigenvalue weighted by molar-refractivity contribution is 5.67. The van der Waals surface area contributed by atoms with Crippen LogP contribution in [0.4, 0.5) is 4.79 Å². The van der Waals surface area contributed by atoms with Gasteiger partial charge in [0.1, 0.15) is 0 Å². The molecule has 1 aromatic carbocycles. The number of nitrogens with zero attached hydrogens (tertiary/aromatic N) is 1. The van der Waals surface area contributed by atoms with Crippen LogP contribution in [0, 0.1) is 0 Å². The summed E-state index contributed by atoms with van der Waals surface area (Å²) >= 11 is 0. The molecule has 1 fully saturated rings. The van der Waals surface area contributed by atoms with Crippen LogP contribution in [-0.4, -0.2) is 15.8 Å². The normalized spacial score (nSPS) is 16.7. The molecule has 0 aliphatic heterocycles. The van der Waals surface area contributed by atoms with E-state index in [0.29, 0.717) is 11.5 Å². The molecule has 1 aromatic heterocycles. The third-order valence-electron chi connectivity index (χ3n) is 5.16. The van der Waals surface area contributed by atoms with Crippen molar-refractivity contribution in [2.24, 2.45) is 0 Å². The highest BCUT2D eigenvalue weighted by Crippen LogP contribution is 2.33. The van der Waals surface area contributed by atoms with Gasteiger partial charge in [0.2, 0.25) is 0 Å². The molecule has 0 spiro atoms. The number of carboxylic acid groups (broad SMARTS) is 1. The second-order valence-electron chi connectivity index (χ2n) is 6.64. The average Bonchev–Trinajstić information content (AvgIpc) is 2.62. The maximum absolute atomic E-state index is 12.3. The Bertz CT molecular complexity index is 770. The van der Waals surface area contributed by atoms with E-state index in [-0.39, 0.29) is 5.92 Å². The van der Waals surface area contributed by atoms with Crippen molar-refractivity contribution < 1.29 is 9.90 Å². The molecule has 0 saturated heterocycles. The molecule has 4 heteroatoms. The summed E-state index contributed by atoms with van der Waals surface area (Å²) in [7, 11) is 0. The molecule has 0 bridgehead atoms. The zero-order chi connectivity index (χ0) is 17.1. The van der Waals surface area contributed by atoms with E-state index in [9.17, 15) is 9.59 Å². The van der Waals surface area contributed by atoms with Crippen molar-refractivity contribution >= 4 is 6.09 Å². The number of aromatic nitrogens is 1. The first-order chi connectivity index (χ1) is 11.6. The minimum absolute atomic E-state index is 0.135. The van der Waals surface area contributed by atoms with Gasteiger partial charge in [-0.3, -0.25) is 4.79 Å². The predicted octanol–water partition coefficient (Wildman–Crippen LogP) is 4.57. The van der Waals surface area contributed by atoms with Gasteiger partial charge in [0.05, 0.1) is 0 Å². The van der Waals surface area contributed by atoms with Crippen molar-refractivity contribution in [3.8, 4) is 0 Å². The van der Waals surface area contributed by atoms with Crippen molar-refractivity contribution in [2.45, 2.75) is 50.9 Å². The Morgan fingerprint density at radius 2 is 1.79 bits per heavy atom. The van der Waals surface area contributed by atoms with Gasteiger partial charge in [-0.05, 0) is 36.0 Å². The molecule has 3 rings (SSSR count). The van der Waals surface area contributed by atoms with Crippen molar-refractivity contribution in [1.82, 2.24) is 4.57 Å². The predicted molar refractivity (Wildman–Crippen MR) is 93.9 cm³/mol. The molecule has 1 unspecified atom stereocenters. The van der Waals surface area contributed by atoms with Crippen LogP contribution in [0.3, 0.4) is 0 Å². The molecular weight excluding hydrogens is 302 g/mol. The van der Waals surface area contributed by atoms with E-state index in [1.54, 1.807) is 12.1 Å². The molecule has 1 aliphatic carbocycles. The van der Waals surface area contributed by atoms with E-state index in [1.165, 1.54) is 43.9 Å². The highest BCUT2D eigenvalue weighted by Gasteiger charge is 2.18. The fourth-order valence-electron chi connectivity index (χ4n) is 3.66. The number of hydrogen-bond acceptors (Lipinski definition) is 2. The number of hydrogen-bond donors (Lipinski definition) is 1.